The average Bonchev–Trinajstić information content (AvgIpc) is 2.28. The quantitative estimate of drug-likeness (QED) is 0.687. The van der Waals surface area contributed by atoms with Crippen molar-refractivity contribution >= 4 is 20.0 Å². The van der Waals surface area contributed by atoms with Crippen LogP contribution in [0.1, 0.15) is 6.42 Å². The van der Waals surface area contributed by atoms with Gasteiger partial charge in [-0.15, -0.1) is 0 Å². The van der Waals surface area contributed by atoms with E-state index in [1.807, 2.05) is 0 Å². The van der Waals surface area contributed by atoms with Gasteiger partial charge in [0.2, 0.25) is 20.0 Å². The number of benzene rings is 1. The van der Waals surface area contributed by atoms with E-state index in [2.05, 4.69) is 9.44 Å². The molecule has 0 spiro atoms. The van der Waals surface area contributed by atoms with E-state index in [4.69, 9.17) is 0 Å². The summed E-state index contributed by atoms with van der Waals surface area (Å²) >= 11 is 0. The van der Waals surface area contributed by atoms with E-state index in [0.717, 1.165) is 6.26 Å². The van der Waals surface area contributed by atoms with Crippen LogP contribution in [0.15, 0.2) is 35.2 Å². The summed E-state index contributed by atoms with van der Waals surface area (Å²) in [7, 11) is -6.72. The van der Waals surface area contributed by atoms with E-state index in [0.29, 0.717) is 6.42 Å². The summed E-state index contributed by atoms with van der Waals surface area (Å²) in [5.74, 6) is 0. The number of hydrogen-bond donors (Lipinski definition) is 2. The maximum atomic E-state index is 11.7. The second-order valence-corrected chi connectivity index (χ2v) is 7.33. The van der Waals surface area contributed by atoms with E-state index in [1.165, 1.54) is 12.1 Å². The minimum absolute atomic E-state index is 0.180. The Bertz CT molecular complexity index is 567. The third-order valence-electron chi connectivity index (χ3n) is 2.06. The predicted octanol–water partition coefficient (Wildman–Crippen LogP) is -0.0958. The molecule has 18 heavy (non-hydrogen) atoms. The molecular formula is C10H16N2O4S2. The Balaban J connectivity index is 2.40. The second-order valence-electron chi connectivity index (χ2n) is 3.73. The summed E-state index contributed by atoms with van der Waals surface area (Å²) in [6.07, 6.45) is 1.44. The van der Waals surface area contributed by atoms with Crippen LogP contribution in [0.2, 0.25) is 0 Å². The summed E-state index contributed by atoms with van der Waals surface area (Å²) < 4.78 is 49.7. The molecule has 0 atom stereocenters. The lowest BCUT2D eigenvalue weighted by atomic mass is 10.4. The summed E-state index contributed by atoms with van der Waals surface area (Å²) in [6, 6.07) is 8.00. The van der Waals surface area contributed by atoms with Crippen molar-refractivity contribution in [2.75, 3.05) is 19.3 Å². The molecule has 0 saturated carbocycles. The maximum absolute atomic E-state index is 11.7. The molecule has 0 fully saturated rings. The molecule has 0 radical (unpaired) electrons. The fraction of sp³-hybridized carbons (Fsp3) is 0.400. The zero-order chi connectivity index (χ0) is 13.6. The zero-order valence-corrected chi connectivity index (χ0v) is 11.6. The van der Waals surface area contributed by atoms with Crippen LogP contribution in [0.25, 0.3) is 0 Å². The highest BCUT2D eigenvalue weighted by molar-refractivity contribution is 7.89. The highest BCUT2D eigenvalue weighted by atomic mass is 32.2. The molecule has 1 aromatic carbocycles. The number of hydrogen-bond acceptors (Lipinski definition) is 4. The van der Waals surface area contributed by atoms with E-state index < -0.39 is 20.0 Å². The molecule has 1 aromatic rings. The Labute approximate surface area is 108 Å². The molecule has 8 heteroatoms. The first-order chi connectivity index (χ1) is 8.31. The highest BCUT2D eigenvalue weighted by Crippen LogP contribution is 2.06. The van der Waals surface area contributed by atoms with Gasteiger partial charge in [0.05, 0.1) is 11.2 Å². The summed E-state index contributed by atoms with van der Waals surface area (Å²) in [5, 5.41) is 0. The molecular weight excluding hydrogens is 276 g/mol. The Morgan fingerprint density at radius 1 is 0.944 bits per heavy atom. The lowest BCUT2D eigenvalue weighted by Crippen LogP contribution is -2.29. The largest absolute Gasteiger partial charge is 0.240 e. The van der Waals surface area contributed by atoms with Crippen molar-refractivity contribution in [3.05, 3.63) is 30.3 Å². The molecule has 1 rings (SSSR count). The van der Waals surface area contributed by atoms with Crippen LogP contribution in [-0.4, -0.2) is 36.2 Å². The van der Waals surface area contributed by atoms with Crippen molar-refractivity contribution in [2.45, 2.75) is 11.3 Å². The Hall–Kier alpha value is -0.960. The van der Waals surface area contributed by atoms with Crippen molar-refractivity contribution in [3.8, 4) is 0 Å². The topological polar surface area (TPSA) is 92.3 Å². The third kappa shape index (κ3) is 5.58. The van der Waals surface area contributed by atoms with Crippen LogP contribution in [0, 0.1) is 0 Å². The van der Waals surface area contributed by atoms with Crippen LogP contribution in [-0.2, 0) is 20.0 Å². The van der Waals surface area contributed by atoms with Crippen molar-refractivity contribution in [3.63, 3.8) is 0 Å². The average molecular weight is 292 g/mol. The number of nitrogens with one attached hydrogen (secondary N) is 2. The van der Waals surface area contributed by atoms with Gasteiger partial charge >= 0.3 is 0 Å². The molecule has 0 aromatic heterocycles. The lowest BCUT2D eigenvalue weighted by Gasteiger charge is -2.06. The van der Waals surface area contributed by atoms with Crippen molar-refractivity contribution in [2.24, 2.45) is 0 Å². The standard InChI is InChI=1S/C10H16N2O4S2/c1-17(13,14)11-8-5-9-12-18(15,16)10-6-3-2-4-7-10/h2-4,6-7,11-12H,5,8-9H2,1H3. The number of rotatable bonds is 7. The van der Waals surface area contributed by atoms with E-state index in [9.17, 15) is 16.8 Å². The molecule has 0 bridgehead atoms. The summed E-state index contributed by atoms with van der Waals surface area (Å²) in [6.45, 7) is 0.385. The number of sulfonamides is 2. The van der Waals surface area contributed by atoms with Gasteiger partial charge in [-0.25, -0.2) is 26.3 Å². The molecule has 0 aliphatic carbocycles. The van der Waals surface area contributed by atoms with Crippen LogP contribution < -0.4 is 9.44 Å². The van der Waals surface area contributed by atoms with Gasteiger partial charge in [0.25, 0.3) is 0 Å². The SMILES string of the molecule is CS(=O)(=O)NCCCNS(=O)(=O)c1ccccc1. The fourth-order valence-electron chi connectivity index (χ4n) is 1.24. The van der Waals surface area contributed by atoms with Crippen molar-refractivity contribution in [1.82, 2.24) is 9.44 Å². The van der Waals surface area contributed by atoms with Crippen molar-refractivity contribution < 1.29 is 16.8 Å². The summed E-state index contributed by atoms with van der Waals surface area (Å²) in [4.78, 5) is 0.195. The molecule has 6 nitrogen and oxygen atoms in total. The monoisotopic (exact) mass is 292 g/mol. The predicted molar refractivity (Wildman–Crippen MR) is 69.1 cm³/mol. The molecule has 0 heterocycles. The molecule has 0 amide bonds. The zero-order valence-electron chi connectivity index (χ0n) is 9.96. The van der Waals surface area contributed by atoms with Gasteiger partial charge in [0.1, 0.15) is 0 Å². The third-order valence-corrected chi connectivity index (χ3v) is 4.27. The molecule has 102 valence electrons. The molecule has 0 unspecified atom stereocenters. The van der Waals surface area contributed by atoms with E-state index in [1.54, 1.807) is 18.2 Å². The molecule has 0 saturated heterocycles. The normalized spacial score (nSPS) is 12.5. The van der Waals surface area contributed by atoms with Crippen LogP contribution in [0.4, 0.5) is 0 Å². The van der Waals surface area contributed by atoms with Gasteiger partial charge in [-0.3, -0.25) is 0 Å². The first-order valence-corrected chi connectivity index (χ1v) is 8.68. The Morgan fingerprint density at radius 3 is 2.06 bits per heavy atom. The molecule has 0 aliphatic rings. The Kier molecular flexibility index (Phi) is 5.27. The second kappa shape index (κ2) is 6.28. The molecule has 0 aliphatic heterocycles. The first-order valence-electron chi connectivity index (χ1n) is 5.31. The van der Waals surface area contributed by atoms with Crippen LogP contribution in [0.3, 0.4) is 0 Å². The lowest BCUT2D eigenvalue weighted by molar-refractivity contribution is 0.575. The first kappa shape index (κ1) is 15.1. The van der Waals surface area contributed by atoms with Gasteiger partial charge in [0.15, 0.2) is 0 Å². The highest BCUT2D eigenvalue weighted by Gasteiger charge is 2.11. The van der Waals surface area contributed by atoms with Gasteiger partial charge in [-0.2, -0.15) is 0 Å². The smallest absolute Gasteiger partial charge is 0.215 e. The minimum atomic E-state index is -3.50. The van der Waals surface area contributed by atoms with Gasteiger partial charge in [0, 0.05) is 13.1 Å². The van der Waals surface area contributed by atoms with Gasteiger partial charge in [-0.1, -0.05) is 18.2 Å². The van der Waals surface area contributed by atoms with Crippen molar-refractivity contribution in [1.29, 1.82) is 0 Å². The van der Waals surface area contributed by atoms with Crippen LogP contribution >= 0.6 is 0 Å². The Morgan fingerprint density at radius 2 is 1.50 bits per heavy atom. The van der Waals surface area contributed by atoms with Gasteiger partial charge in [-0.05, 0) is 18.6 Å². The molecule has 2 N–H and O–H groups in total. The minimum Gasteiger partial charge on any atom is -0.215 e. The van der Waals surface area contributed by atoms with E-state index >= 15 is 0 Å². The van der Waals surface area contributed by atoms with Crippen LogP contribution in [0.5, 0.6) is 0 Å². The maximum Gasteiger partial charge on any atom is 0.240 e. The van der Waals surface area contributed by atoms with E-state index in [-0.39, 0.29) is 18.0 Å². The fourth-order valence-corrected chi connectivity index (χ4v) is 2.85. The summed E-state index contributed by atoms with van der Waals surface area (Å²) in [5.41, 5.74) is 0. The van der Waals surface area contributed by atoms with Gasteiger partial charge < -0.3 is 0 Å².